The summed E-state index contributed by atoms with van der Waals surface area (Å²) in [6, 6.07) is 0.617. The highest BCUT2D eigenvalue weighted by atomic mass is 16.5. The van der Waals surface area contributed by atoms with Gasteiger partial charge in [0.05, 0.1) is 12.2 Å². The Labute approximate surface area is 112 Å². The second kappa shape index (κ2) is 5.89. The summed E-state index contributed by atoms with van der Waals surface area (Å²) < 4.78 is 11.5. The van der Waals surface area contributed by atoms with Gasteiger partial charge in [0.15, 0.2) is 0 Å². The molecule has 1 N–H and O–H groups in total. The third-order valence-electron chi connectivity index (χ3n) is 5.27. The molecule has 106 valence electrons. The monoisotopic (exact) mass is 255 g/mol. The molecule has 1 saturated heterocycles. The first-order valence-corrected chi connectivity index (χ1v) is 7.58. The molecule has 0 amide bonds. The van der Waals surface area contributed by atoms with Gasteiger partial charge in [0.25, 0.3) is 0 Å². The van der Waals surface area contributed by atoms with Gasteiger partial charge in [-0.25, -0.2) is 0 Å². The van der Waals surface area contributed by atoms with Crippen LogP contribution in [0.15, 0.2) is 0 Å². The highest BCUT2D eigenvalue weighted by molar-refractivity contribution is 5.05. The van der Waals surface area contributed by atoms with Gasteiger partial charge in [-0.3, -0.25) is 0 Å². The summed E-state index contributed by atoms with van der Waals surface area (Å²) in [5, 5.41) is 3.76. The van der Waals surface area contributed by atoms with E-state index in [0.717, 1.165) is 19.8 Å². The number of nitrogens with one attached hydrogen (secondary N) is 1. The van der Waals surface area contributed by atoms with Crippen LogP contribution < -0.4 is 5.32 Å². The van der Waals surface area contributed by atoms with E-state index in [1.54, 1.807) is 0 Å². The Hall–Kier alpha value is -0.120. The minimum atomic E-state index is 0.318. The summed E-state index contributed by atoms with van der Waals surface area (Å²) in [5.74, 6) is 0.692. The van der Waals surface area contributed by atoms with Gasteiger partial charge in [0.2, 0.25) is 0 Å². The van der Waals surface area contributed by atoms with Crippen molar-refractivity contribution < 1.29 is 9.47 Å². The van der Waals surface area contributed by atoms with Crippen molar-refractivity contribution in [2.24, 2.45) is 11.3 Å². The largest absolute Gasteiger partial charge is 0.378 e. The van der Waals surface area contributed by atoms with Gasteiger partial charge in [0.1, 0.15) is 0 Å². The third-order valence-corrected chi connectivity index (χ3v) is 5.27. The fourth-order valence-corrected chi connectivity index (χ4v) is 3.40. The maximum absolute atomic E-state index is 5.84. The van der Waals surface area contributed by atoms with Gasteiger partial charge in [0, 0.05) is 31.2 Å². The van der Waals surface area contributed by atoms with Gasteiger partial charge in [-0.15, -0.1) is 0 Å². The van der Waals surface area contributed by atoms with Crippen molar-refractivity contribution in [1.82, 2.24) is 5.32 Å². The maximum atomic E-state index is 5.84. The zero-order chi connectivity index (χ0) is 13.2. The van der Waals surface area contributed by atoms with E-state index in [1.165, 1.54) is 19.3 Å². The molecular weight excluding hydrogens is 226 g/mol. The Bertz CT molecular complexity index is 271. The molecule has 5 atom stereocenters. The van der Waals surface area contributed by atoms with Crippen molar-refractivity contribution in [3.8, 4) is 0 Å². The van der Waals surface area contributed by atoms with Gasteiger partial charge >= 0.3 is 0 Å². The standard InChI is InChI=1S/C15H29NO2/c1-5-15(4)13(9-14(15)17-6-2)16-10-12-7-8-18-11(12)3/h11-14,16H,5-10H2,1-4H3. The minimum Gasteiger partial charge on any atom is -0.378 e. The number of ether oxygens (including phenoxy) is 2. The van der Waals surface area contributed by atoms with Crippen LogP contribution in [-0.4, -0.2) is 38.0 Å². The van der Waals surface area contributed by atoms with E-state index in [2.05, 4.69) is 33.0 Å². The zero-order valence-electron chi connectivity index (χ0n) is 12.4. The fourth-order valence-electron chi connectivity index (χ4n) is 3.40. The first-order chi connectivity index (χ1) is 8.61. The van der Waals surface area contributed by atoms with Crippen LogP contribution in [0.3, 0.4) is 0 Å². The van der Waals surface area contributed by atoms with Crippen molar-refractivity contribution in [3.63, 3.8) is 0 Å². The molecule has 0 bridgehead atoms. The van der Waals surface area contributed by atoms with Gasteiger partial charge in [-0.05, 0) is 39.0 Å². The summed E-state index contributed by atoms with van der Waals surface area (Å²) in [6.45, 7) is 11.8. The molecule has 2 fully saturated rings. The van der Waals surface area contributed by atoms with Gasteiger partial charge in [-0.1, -0.05) is 13.8 Å². The maximum Gasteiger partial charge on any atom is 0.0658 e. The minimum absolute atomic E-state index is 0.318. The first-order valence-electron chi connectivity index (χ1n) is 7.58. The lowest BCUT2D eigenvalue weighted by Crippen LogP contribution is -2.62. The molecule has 1 aliphatic carbocycles. The van der Waals surface area contributed by atoms with Crippen LogP contribution in [0.4, 0.5) is 0 Å². The molecule has 0 radical (unpaired) electrons. The Kier molecular flexibility index (Phi) is 4.68. The highest BCUT2D eigenvalue weighted by Gasteiger charge is 2.50. The fraction of sp³-hybridized carbons (Fsp3) is 1.00. The quantitative estimate of drug-likeness (QED) is 0.791. The predicted molar refractivity (Wildman–Crippen MR) is 73.7 cm³/mol. The number of hydrogen-bond donors (Lipinski definition) is 1. The second-order valence-corrected chi connectivity index (χ2v) is 6.12. The molecule has 0 aromatic heterocycles. The number of hydrogen-bond acceptors (Lipinski definition) is 3. The predicted octanol–water partition coefficient (Wildman–Crippen LogP) is 2.59. The SMILES string of the molecule is CCOC1CC(NCC2CCOC2C)C1(C)CC. The van der Waals surface area contributed by atoms with E-state index in [1.807, 2.05) is 0 Å². The zero-order valence-corrected chi connectivity index (χ0v) is 12.4. The van der Waals surface area contributed by atoms with Crippen LogP contribution in [0.5, 0.6) is 0 Å². The van der Waals surface area contributed by atoms with Crippen molar-refractivity contribution in [2.75, 3.05) is 19.8 Å². The molecule has 1 heterocycles. The van der Waals surface area contributed by atoms with Crippen LogP contribution in [0.25, 0.3) is 0 Å². The summed E-state index contributed by atoms with van der Waals surface area (Å²) in [7, 11) is 0. The molecular formula is C15H29NO2. The first kappa shape index (κ1) is 14.3. The Morgan fingerprint density at radius 2 is 2.17 bits per heavy atom. The highest BCUT2D eigenvalue weighted by Crippen LogP contribution is 2.46. The summed E-state index contributed by atoms with van der Waals surface area (Å²) in [5.41, 5.74) is 0.318. The molecule has 1 aliphatic heterocycles. The van der Waals surface area contributed by atoms with Crippen molar-refractivity contribution in [2.45, 2.75) is 65.2 Å². The second-order valence-electron chi connectivity index (χ2n) is 6.12. The van der Waals surface area contributed by atoms with Crippen LogP contribution in [0.1, 0.15) is 47.0 Å². The van der Waals surface area contributed by atoms with Crippen LogP contribution in [0, 0.1) is 11.3 Å². The Morgan fingerprint density at radius 3 is 2.72 bits per heavy atom. The van der Waals surface area contributed by atoms with Gasteiger partial charge in [-0.2, -0.15) is 0 Å². The number of rotatable bonds is 6. The van der Waals surface area contributed by atoms with Crippen LogP contribution >= 0.6 is 0 Å². The molecule has 2 aliphatic rings. The van der Waals surface area contributed by atoms with Crippen molar-refractivity contribution in [3.05, 3.63) is 0 Å². The molecule has 0 aromatic carbocycles. The molecule has 18 heavy (non-hydrogen) atoms. The molecule has 1 saturated carbocycles. The van der Waals surface area contributed by atoms with Crippen LogP contribution in [-0.2, 0) is 9.47 Å². The average Bonchev–Trinajstić information content (AvgIpc) is 2.77. The third kappa shape index (κ3) is 2.59. The summed E-state index contributed by atoms with van der Waals surface area (Å²) >= 11 is 0. The molecule has 2 rings (SSSR count). The lowest BCUT2D eigenvalue weighted by Gasteiger charge is -2.54. The lowest BCUT2D eigenvalue weighted by molar-refractivity contribution is -0.126. The molecule has 0 aromatic rings. The molecule has 5 unspecified atom stereocenters. The van der Waals surface area contributed by atoms with E-state index < -0.39 is 0 Å². The Morgan fingerprint density at radius 1 is 1.39 bits per heavy atom. The topological polar surface area (TPSA) is 30.5 Å². The van der Waals surface area contributed by atoms with Gasteiger partial charge < -0.3 is 14.8 Å². The smallest absolute Gasteiger partial charge is 0.0658 e. The Balaban J connectivity index is 1.80. The summed E-state index contributed by atoms with van der Waals surface area (Å²) in [4.78, 5) is 0. The summed E-state index contributed by atoms with van der Waals surface area (Å²) in [6.07, 6.45) is 4.43. The van der Waals surface area contributed by atoms with Crippen molar-refractivity contribution >= 4 is 0 Å². The van der Waals surface area contributed by atoms with E-state index in [-0.39, 0.29) is 0 Å². The average molecular weight is 255 g/mol. The van der Waals surface area contributed by atoms with Crippen LogP contribution in [0.2, 0.25) is 0 Å². The van der Waals surface area contributed by atoms with E-state index in [0.29, 0.717) is 29.6 Å². The van der Waals surface area contributed by atoms with Crippen molar-refractivity contribution in [1.29, 1.82) is 0 Å². The molecule has 3 heteroatoms. The normalized spacial score (nSPS) is 44.0. The van der Waals surface area contributed by atoms with E-state index >= 15 is 0 Å². The van der Waals surface area contributed by atoms with E-state index in [9.17, 15) is 0 Å². The molecule has 3 nitrogen and oxygen atoms in total. The lowest BCUT2D eigenvalue weighted by atomic mass is 9.61. The molecule has 0 spiro atoms. The van der Waals surface area contributed by atoms with E-state index in [4.69, 9.17) is 9.47 Å².